The fourth-order valence-corrected chi connectivity index (χ4v) is 6.74. The van der Waals surface area contributed by atoms with Gasteiger partial charge in [-0.1, -0.05) is 18.6 Å². The molecule has 0 amide bonds. The normalized spacial score (nSPS) is 17.9. The Morgan fingerprint density at radius 3 is 2.88 bits per heavy atom. The first kappa shape index (κ1) is 21.8. The highest BCUT2D eigenvalue weighted by molar-refractivity contribution is 7.90. The number of aliphatic imine (C=N–C) groups is 1. The fraction of sp³-hybridized carbons (Fsp3) is 0.364. The van der Waals surface area contributed by atoms with E-state index in [9.17, 15) is 13.2 Å². The van der Waals surface area contributed by atoms with Crippen molar-refractivity contribution in [2.75, 3.05) is 12.3 Å². The molecule has 0 bridgehead atoms. The van der Waals surface area contributed by atoms with Gasteiger partial charge in [0.15, 0.2) is 12.4 Å². The van der Waals surface area contributed by atoms with Crippen LogP contribution < -0.4 is 10.5 Å². The average Bonchev–Trinajstić information content (AvgIpc) is 3.16. The predicted octanol–water partition coefficient (Wildman–Crippen LogP) is 2.71. The summed E-state index contributed by atoms with van der Waals surface area (Å²) in [6.07, 6.45) is 5.59. The molecule has 0 unspecified atom stereocenters. The van der Waals surface area contributed by atoms with Gasteiger partial charge in [0, 0.05) is 10.4 Å². The third-order valence-corrected chi connectivity index (χ3v) is 8.33. The summed E-state index contributed by atoms with van der Waals surface area (Å²) in [6.45, 7) is 0.0122. The molecular formula is C22H23N5O4S2. The van der Waals surface area contributed by atoms with E-state index < -0.39 is 16.0 Å². The topological polar surface area (TPSA) is 137 Å². The van der Waals surface area contributed by atoms with Crippen molar-refractivity contribution in [3.63, 3.8) is 0 Å². The molecule has 0 saturated heterocycles. The average molecular weight is 486 g/mol. The molecule has 11 heteroatoms. The number of thiophene rings is 1. The van der Waals surface area contributed by atoms with E-state index in [-0.39, 0.29) is 30.3 Å². The van der Waals surface area contributed by atoms with E-state index in [2.05, 4.69) is 19.7 Å². The Morgan fingerprint density at radius 1 is 1.18 bits per heavy atom. The van der Waals surface area contributed by atoms with Gasteiger partial charge in [0.1, 0.15) is 16.5 Å². The Labute approximate surface area is 195 Å². The summed E-state index contributed by atoms with van der Waals surface area (Å²) in [5.74, 6) is 0.563. The maximum atomic E-state index is 12.2. The Hall–Kier alpha value is -3.05. The van der Waals surface area contributed by atoms with Crippen molar-refractivity contribution in [1.29, 1.82) is 0 Å². The van der Waals surface area contributed by atoms with Crippen LogP contribution in [-0.4, -0.2) is 36.7 Å². The lowest BCUT2D eigenvalue weighted by molar-refractivity contribution is -0.144. The number of nitrogens with zero attached hydrogens (tertiary/aromatic N) is 3. The lowest BCUT2D eigenvalue weighted by Crippen LogP contribution is -2.22. The van der Waals surface area contributed by atoms with E-state index in [1.165, 1.54) is 29.3 Å². The van der Waals surface area contributed by atoms with E-state index in [4.69, 9.17) is 10.5 Å². The van der Waals surface area contributed by atoms with Crippen molar-refractivity contribution in [3.05, 3.63) is 46.1 Å². The van der Waals surface area contributed by atoms with Crippen LogP contribution in [0, 0.1) is 0 Å². The number of hydrogen-bond donors (Lipinski definition) is 2. The van der Waals surface area contributed by atoms with Gasteiger partial charge < -0.3 is 10.5 Å². The van der Waals surface area contributed by atoms with Gasteiger partial charge in [0.2, 0.25) is 0 Å². The van der Waals surface area contributed by atoms with Crippen molar-refractivity contribution >= 4 is 49.2 Å². The highest BCUT2D eigenvalue weighted by Gasteiger charge is 2.30. The van der Waals surface area contributed by atoms with Crippen LogP contribution in [0.4, 0.5) is 5.82 Å². The number of amidine groups is 1. The SMILES string of the molecule is Nc1nc(COC(=O)CCN=C2NS(=O)(=O)c3ccccc32)nc2sc3c(c12)CCCCC3. The maximum Gasteiger partial charge on any atom is 0.308 e. The van der Waals surface area contributed by atoms with Crippen LogP contribution in [0.15, 0.2) is 34.2 Å². The van der Waals surface area contributed by atoms with Crippen molar-refractivity contribution < 1.29 is 17.9 Å². The number of nitrogen functional groups attached to an aromatic ring is 1. The minimum atomic E-state index is -3.60. The molecule has 0 spiro atoms. The Balaban J connectivity index is 1.22. The number of benzene rings is 1. The second kappa shape index (κ2) is 8.71. The molecule has 1 aromatic carbocycles. The number of rotatable bonds is 5. The van der Waals surface area contributed by atoms with Crippen molar-refractivity contribution in [3.8, 4) is 0 Å². The van der Waals surface area contributed by atoms with Crippen molar-refractivity contribution in [2.45, 2.75) is 50.0 Å². The van der Waals surface area contributed by atoms with Crippen LogP contribution in [0.5, 0.6) is 0 Å². The van der Waals surface area contributed by atoms with E-state index >= 15 is 0 Å². The monoisotopic (exact) mass is 485 g/mol. The number of aromatic nitrogens is 2. The molecule has 5 rings (SSSR count). The number of hydrogen-bond acceptors (Lipinski definition) is 9. The molecule has 0 radical (unpaired) electrons. The molecule has 2 aromatic heterocycles. The van der Waals surface area contributed by atoms with E-state index in [1.807, 2.05) is 0 Å². The largest absolute Gasteiger partial charge is 0.457 e. The standard InChI is InChI=1S/C22H23N5O4S2/c23-20-19-13-6-2-1-3-8-15(13)32-22(19)26-17(25-20)12-31-18(28)10-11-24-21-14-7-4-5-9-16(14)33(29,30)27-21/h4-5,7,9H,1-3,6,8,10-12H2,(H,24,27)(H2,23,25,26). The molecular weight excluding hydrogens is 462 g/mol. The number of carbonyl (C=O) groups excluding carboxylic acids is 1. The first-order valence-corrected chi connectivity index (χ1v) is 13.1. The summed E-state index contributed by atoms with van der Waals surface area (Å²) >= 11 is 1.65. The minimum absolute atomic E-state index is 0.00157. The van der Waals surface area contributed by atoms with Crippen LogP contribution in [0.3, 0.4) is 0 Å². The lowest BCUT2D eigenvalue weighted by Gasteiger charge is -2.06. The Bertz CT molecular complexity index is 1380. The van der Waals surface area contributed by atoms with Crippen LogP contribution in [-0.2, 0) is 39.0 Å². The Kier molecular flexibility index (Phi) is 5.75. The molecule has 1 aliphatic heterocycles. The zero-order valence-corrected chi connectivity index (χ0v) is 19.5. The molecule has 33 heavy (non-hydrogen) atoms. The molecule has 3 heterocycles. The summed E-state index contributed by atoms with van der Waals surface area (Å²) in [5, 5.41) is 0.946. The van der Waals surface area contributed by atoms with Gasteiger partial charge >= 0.3 is 5.97 Å². The van der Waals surface area contributed by atoms with Gasteiger partial charge in [-0.25, -0.2) is 18.4 Å². The number of sulfonamides is 1. The number of anilines is 1. The van der Waals surface area contributed by atoms with Gasteiger partial charge in [0.25, 0.3) is 10.0 Å². The molecule has 1 aliphatic carbocycles. The van der Waals surface area contributed by atoms with E-state index in [0.29, 0.717) is 17.2 Å². The van der Waals surface area contributed by atoms with Gasteiger partial charge in [-0.05, 0) is 43.4 Å². The van der Waals surface area contributed by atoms with Crippen LogP contribution in [0.1, 0.15) is 47.5 Å². The molecule has 0 fully saturated rings. The second-order valence-electron chi connectivity index (χ2n) is 8.01. The first-order valence-electron chi connectivity index (χ1n) is 10.8. The zero-order chi connectivity index (χ0) is 23.0. The molecule has 3 aromatic rings. The summed E-state index contributed by atoms with van der Waals surface area (Å²) < 4.78 is 31.9. The smallest absolute Gasteiger partial charge is 0.308 e. The molecule has 172 valence electrons. The van der Waals surface area contributed by atoms with E-state index in [1.54, 1.807) is 29.5 Å². The van der Waals surface area contributed by atoms with E-state index in [0.717, 1.165) is 29.5 Å². The lowest BCUT2D eigenvalue weighted by atomic mass is 10.1. The van der Waals surface area contributed by atoms with Crippen LogP contribution >= 0.6 is 11.3 Å². The number of nitrogens with one attached hydrogen (secondary N) is 1. The Morgan fingerprint density at radius 2 is 2.00 bits per heavy atom. The number of nitrogens with two attached hydrogens (primary N) is 1. The van der Waals surface area contributed by atoms with Crippen molar-refractivity contribution in [1.82, 2.24) is 14.7 Å². The maximum absolute atomic E-state index is 12.2. The quantitative estimate of drug-likeness (QED) is 0.419. The summed E-state index contributed by atoms with van der Waals surface area (Å²) in [7, 11) is -3.60. The van der Waals surface area contributed by atoms with Crippen LogP contribution in [0.25, 0.3) is 10.2 Å². The van der Waals surface area contributed by atoms with Gasteiger partial charge in [-0.2, -0.15) is 0 Å². The number of fused-ring (bicyclic) bond motifs is 4. The fourth-order valence-electron chi connectivity index (χ4n) is 4.20. The zero-order valence-electron chi connectivity index (χ0n) is 17.8. The molecule has 0 atom stereocenters. The predicted molar refractivity (Wildman–Crippen MR) is 126 cm³/mol. The number of ether oxygens (including phenoxy) is 1. The summed E-state index contributed by atoms with van der Waals surface area (Å²) in [4.78, 5) is 27.7. The van der Waals surface area contributed by atoms with Crippen molar-refractivity contribution in [2.24, 2.45) is 4.99 Å². The van der Waals surface area contributed by atoms with Gasteiger partial charge in [-0.15, -0.1) is 11.3 Å². The number of aryl methyl sites for hydroxylation is 2. The minimum Gasteiger partial charge on any atom is -0.457 e. The molecule has 3 N–H and O–H groups in total. The third kappa shape index (κ3) is 4.30. The number of esters is 1. The second-order valence-corrected chi connectivity index (χ2v) is 10.7. The first-order chi connectivity index (χ1) is 15.9. The molecule has 0 saturated carbocycles. The summed E-state index contributed by atoms with van der Waals surface area (Å²) in [6, 6.07) is 6.57. The highest BCUT2D eigenvalue weighted by atomic mass is 32.2. The summed E-state index contributed by atoms with van der Waals surface area (Å²) in [5.41, 5.74) is 8.01. The van der Waals surface area contributed by atoms with Crippen LogP contribution in [0.2, 0.25) is 0 Å². The highest BCUT2D eigenvalue weighted by Crippen LogP contribution is 2.37. The van der Waals surface area contributed by atoms with Gasteiger partial charge in [-0.3, -0.25) is 14.5 Å². The molecule has 2 aliphatic rings. The van der Waals surface area contributed by atoms with Gasteiger partial charge in [0.05, 0.1) is 23.2 Å². The number of carbonyl (C=O) groups is 1. The third-order valence-electron chi connectivity index (χ3n) is 5.75. The molecule has 9 nitrogen and oxygen atoms in total.